The van der Waals surface area contributed by atoms with Gasteiger partial charge in [-0.3, -0.25) is 9.69 Å². The van der Waals surface area contributed by atoms with Gasteiger partial charge >= 0.3 is 0 Å². The summed E-state index contributed by atoms with van der Waals surface area (Å²) >= 11 is 0. The predicted molar refractivity (Wildman–Crippen MR) is 76.5 cm³/mol. The molecule has 0 aliphatic carbocycles. The van der Waals surface area contributed by atoms with Gasteiger partial charge < -0.3 is 10.6 Å². The van der Waals surface area contributed by atoms with Crippen molar-refractivity contribution in [2.45, 2.75) is 19.5 Å². The van der Waals surface area contributed by atoms with Crippen molar-refractivity contribution in [3.63, 3.8) is 0 Å². The topological polar surface area (TPSA) is 49.6 Å². The number of nitrogens with two attached hydrogens (primary N) is 1. The third-order valence-electron chi connectivity index (χ3n) is 3.90. The van der Waals surface area contributed by atoms with E-state index in [1.54, 1.807) is 30.1 Å². The van der Waals surface area contributed by atoms with Gasteiger partial charge in [0.1, 0.15) is 5.82 Å². The van der Waals surface area contributed by atoms with Gasteiger partial charge in [-0.2, -0.15) is 0 Å². The Bertz CT molecular complexity index is 470. The van der Waals surface area contributed by atoms with Gasteiger partial charge in [0.15, 0.2) is 0 Å². The van der Waals surface area contributed by atoms with Gasteiger partial charge in [-0.1, -0.05) is 25.1 Å². The number of rotatable bonds is 4. The fourth-order valence-electron chi connectivity index (χ4n) is 2.51. The van der Waals surface area contributed by atoms with Crippen LogP contribution in [0.3, 0.4) is 0 Å². The molecule has 0 saturated carbocycles. The van der Waals surface area contributed by atoms with Crippen molar-refractivity contribution < 1.29 is 9.18 Å². The van der Waals surface area contributed by atoms with Gasteiger partial charge in [0, 0.05) is 38.3 Å². The van der Waals surface area contributed by atoms with Crippen LogP contribution in [0, 0.1) is 11.7 Å². The summed E-state index contributed by atoms with van der Waals surface area (Å²) in [5.74, 6) is 0.137. The Balaban J connectivity index is 1.88. The lowest BCUT2D eigenvalue weighted by Crippen LogP contribution is -2.38. The highest BCUT2D eigenvalue weighted by molar-refractivity contribution is 5.78. The zero-order valence-electron chi connectivity index (χ0n) is 12.1. The number of likely N-dealkylation sites (tertiary alicyclic amines) is 1. The molecule has 0 aromatic heterocycles. The molecule has 1 aromatic rings. The summed E-state index contributed by atoms with van der Waals surface area (Å²) in [4.78, 5) is 15.8. The van der Waals surface area contributed by atoms with Crippen molar-refractivity contribution in [3.05, 3.63) is 35.6 Å². The normalized spacial score (nSPS) is 23.0. The third-order valence-corrected chi connectivity index (χ3v) is 3.90. The van der Waals surface area contributed by atoms with E-state index in [0.717, 1.165) is 13.1 Å². The molecule has 110 valence electrons. The maximum Gasteiger partial charge on any atom is 0.236 e. The minimum Gasteiger partial charge on any atom is -0.340 e. The van der Waals surface area contributed by atoms with Crippen LogP contribution in [0.4, 0.5) is 4.39 Å². The Hall–Kier alpha value is -1.46. The molecule has 1 heterocycles. The maximum atomic E-state index is 13.6. The molecular formula is C15H22FN3O. The van der Waals surface area contributed by atoms with Crippen LogP contribution in [0.5, 0.6) is 0 Å². The maximum absolute atomic E-state index is 13.6. The van der Waals surface area contributed by atoms with Gasteiger partial charge in [0.25, 0.3) is 0 Å². The van der Waals surface area contributed by atoms with Crippen molar-refractivity contribution in [2.24, 2.45) is 11.7 Å². The molecule has 2 atom stereocenters. The van der Waals surface area contributed by atoms with Crippen LogP contribution in [-0.2, 0) is 11.3 Å². The Morgan fingerprint density at radius 1 is 1.45 bits per heavy atom. The molecule has 0 radical (unpaired) electrons. The SMILES string of the molecule is CC1CN(CC(=O)N(C)Cc2ccccc2F)CC1N. The van der Waals surface area contributed by atoms with Gasteiger partial charge in [0.2, 0.25) is 5.91 Å². The predicted octanol–water partition coefficient (Wildman–Crippen LogP) is 1.06. The Morgan fingerprint density at radius 3 is 2.75 bits per heavy atom. The first-order valence-corrected chi connectivity index (χ1v) is 6.92. The molecule has 1 amide bonds. The smallest absolute Gasteiger partial charge is 0.236 e. The standard InChI is InChI=1S/C15H22FN3O/c1-11-7-19(9-14(11)17)10-15(20)18(2)8-12-5-3-4-6-13(12)16/h3-6,11,14H,7-10,17H2,1-2H3. The monoisotopic (exact) mass is 279 g/mol. The lowest BCUT2D eigenvalue weighted by Gasteiger charge is -2.21. The van der Waals surface area contributed by atoms with Crippen LogP contribution in [0.2, 0.25) is 0 Å². The Labute approximate surface area is 119 Å². The molecule has 1 saturated heterocycles. The molecule has 1 aliphatic heterocycles. The minimum atomic E-state index is -0.274. The summed E-state index contributed by atoms with van der Waals surface area (Å²) in [6.45, 7) is 4.34. The molecule has 1 aliphatic rings. The van der Waals surface area contributed by atoms with E-state index >= 15 is 0 Å². The van der Waals surface area contributed by atoms with E-state index in [0.29, 0.717) is 24.6 Å². The summed E-state index contributed by atoms with van der Waals surface area (Å²) in [6.07, 6.45) is 0. The molecule has 1 aromatic carbocycles. The van der Waals surface area contributed by atoms with Crippen molar-refractivity contribution in [1.29, 1.82) is 0 Å². The van der Waals surface area contributed by atoms with Gasteiger partial charge in [-0.15, -0.1) is 0 Å². The van der Waals surface area contributed by atoms with Crippen molar-refractivity contribution in [3.8, 4) is 0 Å². The second kappa shape index (κ2) is 6.33. The fourth-order valence-corrected chi connectivity index (χ4v) is 2.51. The molecule has 0 spiro atoms. The highest BCUT2D eigenvalue weighted by atomic mass is 19.1. The van der Waals surface area contributed by atoms with Gasteiger partial charge in [-0.25, -0.2) is 4.39 Å². The number of halogens is 1. The average Bonchev–Trinajstić information content (AvgIpc) is 2.71. The summed E-state index contributed by atoms with van der Waals surface area (Å²) in [5.41, 5.74) is 6.48. The van der Waals surface area contributed by atoms with E-state index in [1.807, 2.05) is 0 Å². The van der Waals surface area contributed by atoms with Crippen LogP contribution >= 0.6 is 0 Å². The number of nitrogens with zero attached hydrogens (tertiary/aromatic N) is 2. The van der Waals surface area contributed by atoms with Gasteiger partial charge in [0.05, 0.1) is 6.54 Å². The number of hydrogen-bond donors (Lipinski definition) is 1. The highest BCUT2D eigenvalue weighted by Crippen LogP contribution is 2.15. The number of likely N-dealkylation sites (N-methyl/N-ethyl adjacent to an activating group) is 1. The number of carbonyl (C=O) groups is 1. The zero-order valence-corrected chi connectivity index (χ0v) is 12.1. The summed E-state index contributed by atoms with van der Waals surface area (Å²) < 4.78 is 13.6. The summed E-state index contributed by atoms with van der Waals surface area (Å²) in [6, 6.07) is 6.67. The van der Waals surface area contributed by atoms with Crippen LogP contribution in [-0.4, -0.2) is 48.4 Å². The van der Waals surface area contributed by atoms with Crippen LogP contribution in [0.1, 0.15) is 12.5 Å². The summed E-state index contributed by atoms with van der Waals surface area (Å²) in [7, 11) is 1.70. The van der Waals surface area contributed by atoms with E-state index in [-0.39, 0.29) is 17.8 Å². The number of amides is 1. The molecule has 2 N–H and O–H groups in total. The Kier molecular flexibility index (Phi) is 4.73. The molecule has 0 bridgehead atoms. The van der Waals surface area contributed by atoms with Gasteiger partial charge in [-0.05, 0) is 12.0 Å². The summed E-state index contributed by atoms with van der Waals surface area (Å²) in [5, 5.41) is 0. The van der Waals surface area contributed by atoms with Crippen LogP contribution < -0.4 is 5.73 Å². The first-order valence-electron chi connectivity index (χ1n) is 6.92. The van der Waals surface area contributed by atoms with Crippen LogP contribution in [0.25, 0.3) is 0 Å². The largest absolute Gasteiger partial charge is 0.340 e. The number of carbonyl (C=O) groups excluding carboxylic acids is 1. The highest BCUT2D eigenvalue weighted by Gasteiger charge is 2.28. The van der Waals surface area contributed by atoms with E-state index in [1.165, 1.54) is 6.07 Å². The van der Waals surface area contributed by atoms with E-state index in [2.05, 4.69) is 11.8 Å². The number of hydrogen-bond acceptors (Lipinski definition) is 3. The van der Waals surface area contributed by atoms with E-state index in [9.17, 15) is 9.18 Å². The first kappa shape index (κ1) is 14.9. The molecule has 2 rings (SSSR count). The molecule has 4 nitrogen and oxygen atoms in total. The first-order chi connectivity index (χ1) is 9.47. The molecule has 5 heteroatoms. The van der Waals surface area contributed by atoms with Crippen LogP contribution in [0.15, 0.2) is 24.3 Å². The molecule has 20 heavy (non-hydrogen) atoms. The lowest BCUT2D eigenvalue weighted by atomic mass is 10.1. The molecule has 1 fully saturated rings. The number of benzene rings is 1. The molecule has 2 unspecified atom stereocenters. The van der Waals surface area contributed by atoms with E-state index < -0.39 is 0 Å². The zero-order chi connectivity index (χ0) is 14.7. The van der Waals surface area contributed by atoms with Crippen molar-refractivity contribution in [1.82, 2.24) is 9.80 Å². The second-order valence-electron chi connectivity index (χ2n) is 5.68. The molecular weight excluding hydrogens is 257 g/mol. The average molecular weight is 279 g/mol. The minimum absolute atomic E-state index is 0.00504. The fraction of sp³-hybridized carbons (Fsp3) is 0.533. The third kappa shape index (κ3) is 3.55. The van der Waals surface area contributed by atoms with Crippen molar-refractivity contribution in [2.75, 3.05) is 26.7 Å². The van der Waals surface area contributed by atoms with E-state index in [4.69, 9.17) is 5.73 Å². The Morgan fingerprint density at radius 2 is 2.15 bits per heavy atom. The van der Waals surface area contributed by atoms with Crippen molar-refractivity contribution >= 4 is 5.91 Å². The lowest BCUT2D eigenvalue weighted by molar-refractivity contribution is -0.131. The second-order valence-corrected chi connectivity index (χ2v) is 5.68. The quantitative estimate of drug-likeness (QED) is 0.896.